The highest BCUT2D eigenvalue weighted by Crippen LogP contribution is 2.50. The van der Waals surface area contributed by atoms with Gasteiger partial charge in [0.05, 0.1) is 0 Å². The Morgan fingerprint density at radius 3 is 2.73 bits per heavy atom. The van der Waals surface area contributed by atoms with E-state index in [4.69, 9.17) is 17.3 Å². The Labute approximate surface area is 134 Å². The molecule has 1 aliphatic rings. The predicted molar refractivity (Wildman–Crippen MR) is 85.3 cm³/mol. The Kier molecular flexibility index (Phi) is 3.88. The van der Waals surface area contributed by atoms with Crippen LogP contribution in [0, 0.1) is 18.8 Å². The first-order chi connectivity index (χ1) is 10.5. The van der Waals surface area contributed by atoms with Crippen LogP contribution in [0.3, 0.4) is 0 Å². The van der Waals surface area contributed by atoms with Crippen molar-refractivity contribution in [2.45, 2.75) is 31.4 Å². The van der Waals surface area contributed by atoms with E-state index in [1.54, 1.807) is 6.20 Å². The van der Waals surface area contributed by atoms with Crippen molar-refractivity contribution >= 4 is 11.6 Å². The van der Waals surface area contributed by atoms with Crippen LogP contribution in [-0.4, -0.2) is 21.3 Å². The van der Waals surface area contributed by atoms with Gasteiger partial charge in [-0.1, -0.05) is 24.1 Å². The molecule has 112 valence electrons. The Bertz CT molecular complexity index is 773. The van der Waals surface area contributed by atoms with Crippen LogP contribution in [-0.2, 0) is 5.41 Å². The number of nitrogens with two attached hydrogens (primary N) is 1. The molecule has 1 atom stereocenters. The molecule has 0 spiro atoms. The van der Waals surface area contributed by atoms with Gasteiger partial charge in [0.25, 0.3) is 0 Å². The van der Waals surface area contributed by atoms with Gasteiger partial charge in [0, 0.05) is 22.7 Å². The molecule has 0 aliphatic heterocycles. The highest BCUT2D eigenvalue weighted by atomic mass is 35.5. The molecule has 4 nitrogen and oxygen atoms in total. The maximum absolute atomic E-state index is 9.88. The number of aliphatic hydroxyl groups is 1. The highest BCUT2D eigenvalue weighted by Gasteiger charge is 2.50. The zero-order valence-electron chi connectivity index (χ0n) is 12.2. The molecule has 22 heavy (non-hydrogen) atoms. The summed E-state index contributed by atoms with van der Waals surface area (Å²) in [4.78, 5) is 8.06. The molecule has 3 N–H and O–H groups in total. The predicted octanol–water partition coefficient (Wildman–Crippen LogP) is 2.15. The Hall–Kier alpha value is -1.93. The Morgan fingerprint density at radius 2 is 2.05 bits per heavy atom. The van der Waals surface area contributed by atoms with Crippen molar-refractivity contribution in [2.75, 3.05) is 0 Å². The number of aliphatic hydroxyl groups excluding tert-OH is 1. The van der Waals surface area contributed by atoms with Crippen LogP contribution in [0.25, 0.3) is 0 Å². The van der Waals surface area contributed by atoms with Crippen LogP contribution >= 0.6 is 11.6 Å². The van der Waals surface area contributed by atoms with Gasteiger partial charge in [0.15, 0.2) is 0 Å². The molecule has 1 fully saturated rings. The summed E-state index contributed by atoms with van der Waals surface area (Å²) < 4.78 is 0. The number of aryl methyl sites for hydroxylation is 1. The lowest BCUT2D eigenvalue weighted by Crippen LogP contribution is -2.34. The van der Waals surface area contributed by atoms with E-state index in [0.29, 0.717) is 5.69 Å². The molecule has 3 rings (SSSR count). The first kappa shape index (κ1) is 15.0. The molecule has 1 unspecified atom stereocenters. The Balaban J connectivity index is 2.02. The summed E-state index contributed by atoms with van der Waals surface area (Å²) in [5, 5.41) is 10.1. The molecule has 1 aliphatic carbocycles. The van der Waals surface area contributed by atoms with E-state index in [9.17, 15) is 5.11 Å². The number of hydrogen-bond acceptors (Lipinski definition) is 4. The van der Waals surface area contributed by atoms with E-state index in [0.717, 1.165) is 29.5 Å². The smallest absolute Gasteiger partial charge is 0.223 e. The van der Waals surface area contributed by atoms with Gasteiger partial charge >= 0.3 is 0 Å². The first-order valence-electron chi connectivity index (χ1n) is 7.07. The summed E-state index contributed by atoms with van der Waals surface area (Å²) in [6, 6.07) is 7.78. The van der Waals surface area contributed by atoms with Crippen molar-refractivity contribution in [2.24, 2.45) is 5.73 Å². The maximum Gasteiger partial charge on any atom is 0.223 e. The molecule has 0 amide bonds. The molecule has 5 heteroatoms. The molecule has 1 aromatic heterocycles. The number of rotatable bonds is 2. The van der Waals surface area contributed by atoms with Gasteiger partial charge in [-0.15, -0.1) is 0 Å². The molecule has 1 aromatic carbocycles. The summed E-state index contributed by atoms with van der Waals surface area (Å²) in [5.41, 5.74) is 8.73. The number of nitrogens with zero attached hydrogens (tertiary/aromatic N) is 2. The minimum atomic E-state index is -0.870. The summed E-state index contributed by atoms with van der Waals surface area (Å²) in [6.07, 6.45) is 2.53. The third kappa shape index (κ3) is 2.71. The van der Waals surface area contributed by atoms with Crippen molar-refractivity contribution in [3.05, 3.63) is 58.1 Å². The van der Waals surface area contributed by atoms with Gasteiger partial charge in [-0.2, -0.15) is 0 Å². The lowest BCUT2D eigenvalue weighted by Gasteiger charge is -2.20. The second kappa shape index (κ2) is 5.69. The molecular formula is C17H16ClN3O. The van der Waals surface area contributed by atoms with Crippen molar-refractivity contribution in [3.63, 3.8) is 0 Å². The number of halogens is 1. The van der Waals surface area contributed by atoms with Crippen molar-refractivity contribution in [1.29, 1.82) is 0 Å². The maximum atomic E-state index is 9.88. The normalized spacial score (nSPS) is 16.5. The molecule has 2 aromatic rings. The fourth-order valence-electron chi connectivity index (χ4n) is 2.56. The number of benzene rings is 1. The van der Waals surface area contributed by atoms with Crippen molar-refractivity contribution in [1.82, 2.24) is 9.97 Å². The largest absolute Gasteiger partial charge is 0.378 e. The van der Waals surface area contributed by atoms with Gasteiger partial charge < -0.3 is 10.8 Å². The summed E-state index contributed by atoms with van der Waals surface area (Å²) in [5.74, 6) is 6.17. The third-order valence-electron chi connectivity index (χ3n) is 4.08. The fraction of sp³-hybridized carbons (Fsp3) is 0.294. The number of hydrogen-bond donors (Lipinski definition) is 2. The average Bonchev–Trinajstić information content (AvgIpc) is 3.30. The zero-order valence-corrected chi connectivity index (χ0v) is 12.9. The fourth-order valence-corrected chi connectivity index (χ4v) is 2.69. The summed E-state index contributed by atoms with van der Waals surface area (Å²) >= 11 is 5.81. The van der Waals surface area contributed by atoms with E-state index in [1.807, 2.05) is 31.2 Å². The second-order valence-electron chi connectivity index (χ2n) is 5.57. The molecule has 1 heterocycles. The standard InChI is InChI=1S/C17H16ClN3O/c1-11-10-20-16(18)21-14(11)7-6-12-4-2-3-5-13(12)17(8-9-17)15(19)22/h2-5,10,15,22H,8-9,19H2,1H3. The minimum absolute atomic E-state index is 0.180. The zero-order chi connectivity index (χ0) is 15.7. The van der Waals surface area contributed by atoms with Gasteiger partial charge in [-0.3, -0.25) is 0 Å². The van der Waals surface area contributed by atoms with Gasteiger partial charge in [-0.25, -0.2) is 9.97 Å². The van der Waals surface area contributed by atoms with Gasteiger partial charge in [0.1, 0.15) is 11.9 Å². The first-order valence-corrected chi connectivity index (χ1v) is 7.45. The summed E-state index contributed by atoms with van der Waals surface area (Å²) in [7, 11) is 0. The molecule has 0 bridgehead atoms. The highest BCUT2D eigenvalue weighted by molar-refractivity contribution is 6.28. The Morgan fingerprint density at radius 1 is 1.32 bits per heavy atom. The van der Waals surface area contributed by atoms with Crippen LogP contribution in [0.4, 0.5) is 0 Å². The van der Waals surface area contributed by atoms with Crippen LogP contribution in [0.2, 0.25) is 5.28 Å². The second-order valence-corrected chi connectivity index (χ2v) is 5.91. The van der Waals surface area contributed by atoms with E-state index < -0.39 is 6.23 Å². The van der Waals surface area contributed by atoms with E-state index in [2.05, 4.69) is 21.8 Å². The van der Waals surface area contributed by atoms with Crippen molar-refractivity contribution < 1.29 is 5.11 Å². The van der Waals surface area contributed by atoms with Crippen LogP contribution in [0.15, 0.2) is 30.5 Å². The summed E-state index contributed by atoms with van der Waals surface area (Å²) in [6.45, 7) is 1.89. The molecule has 0 radical (unpaired) electrons. The van der Waals surface area contributed by atoms with Crippen LogP contribution < -0.4 is 5.73 Å². The third-order valence-corrected chi connectivity index (χ3v) is 4.26. The van der Waals surface area contributed by atoms with E-state index >= 15 is 0 Å². The molecule has 0 saturated heterocycles. The van der Waals surface area contributed by atoms with E-state index in [-0.39, 0.29) is 10.7 Å². The van der Waals surface area contributed by atoms with Gasteiger partial charge in [-0.05, 0) is 48.9 Å². The van der Waals surface area contributed by atoms with Crippen LogP contribution in [0.1, 0.15) is 35.2 Å². The van der Waals surface area contributed by atoms with Crippen molar-refractivity contribution in [3.8, 4) is 11.8 Å². The quantitative estimate of drug-likeness (QED) is 0.506. The van der Waals surface area contributed by atoms with Gasteiger partial charge in [0.2, 0.25) is 5.28 Å². The van der Waals surface area contributed by atoms with E-state index in [1.165, 1.54) is 0 Å². The monoisotopic (exact) mass is 313 g/mol. The topological polar surface area (TPSA) is 72.0 Å². The minimum Gasteiger partial charge on any atom is -0.378 e. The molecule has 1 saturated carbocycles. The lowest BCUT2D eigenvalue weighted by molar-refractivity contribution is 0.138. The average molecular weight is 314 g/mol. The number of aromatic nitrogens is 2. The SMILES string of the molecule is Cc1cnc(Cl)nc1C#Cc1ccccc1C1(C(N)O)CC1. The lowest BCUT2D eigenvalue weighted by atomic mass is 9.90. The van der Waals surface area contributed by atoms with Crippen LogP contribution in [0.5, 0.6) is 0 Å². The molecular weight excluding hydrogens is 298 g/mol.